The first-order chi connectivity index (χ1) is 14.6. The van der Waals surface area contributed by atoms with Gasteiger partial charge in [-0.05, 0) is 75.4 Å². The van der Waals surface area contributed by atoms with Gasteiger partial charge in [0.15, 0.2) is 10.7 Å². The van der Waals surface area contributed by atoms with Crippen molar-refractivity contribution in [2.24, 2.45) is 0 Å². The number of sulfonamides is 1. The number of nitrogens with one attached hydrogen (secondary N) is 1. The topological polar surface area (TPSA) is 92.5 Å². The van der Waals surface area contributed by atoms with E-state index in [-0.39, 0.29) is 16.3 Å². The van der Waals surface area contributed by atoms with Gasteiger partial charge in [0, 0.05) is 10.6 Å². The summed E-state index contributed by atoms with van der Waals surface area (Å²) in [5, 5.41) is 6.57. The molecular weight excluding hydrogens is 434 g/mol. The molecule has 2 aromatic carbocycles. The van der Waals surface area contributed by atoms with Gasteiger partial charge in [-0.1, -0.05) is 17.3 Å². The lowest BCUT2D eigenvalue weighted by atomic mass is 10.1. The molecular formula is C22H25N3O4S2. The fourth-order valence-corrected chi connectivity index (χ4v) is 5.56. The summed E-state index contributed by atoms with van der Waals surface area (Å²) in [6, 6.07) is 12.8. The minimum atomic E-state index is -4.09. The van der Waals surface area contributed by atoms with Gasteiger partial charge in [0.05, 0.1) is 5.69 Å². The van der Waals surface area contributed by atoms with Crippen LogP contribution in [0.25, 0.3) is 0 Å². The van der Waals surface area contributed by atoms with Gasteiger partial charge in [0.1, 0.15) is 12.2 Å². The van der Waals surface area contributed by atoms with Crippen LogP contribution in [-0.4, -0.2) is 32.3 Å². The van der Waals surface area contributed by atoms with E-state index >= 15 is 0 Å². The Hall–Kier alpha value is -2.78. The molecule has 0 unspecified atom stereocenters. The van der Waals surface area contributed by atoms with Gasteiger partial charge in [-0.25, -0.2) is 8.42 Å². The van der Waals surface area contributed by atoms with Gasteiger partial charge in [-0.3, -0.25) is 9.10 Å². The Bertz CT molecular complexity index is 1180. The lowest BCUT2D eigenvalue weighted by Crippen LogP contribution is -2.38. The number of anilines is 2. The highest BCUT2D eigenvalue weighted by Crippen LogP contribution is 2.29. The minimum absolute atomic E-state index is 0.0242. The molecule has 0 aliphatic carbocycles. The van der Waals surface area contributed by atoms with E-state index < -0.39 is 22.5 Å². The third kappa shape index (κ3) is 5.11. The summed E-state index contributed by atoms with van der Waals surface area (Å²) in [5.74, 6) is -0.271. The zero-order valence-corrected chi connectivity index (χ0v) is 19.7. The van der Waals surface area contributed by atoms with E-state index in [1.165, 1.54) is 0 Å². The van der Waals surface area contributed by atoms with Gasteiger partial charge in [-0.15, -0.1) is 11.8 Å². The first kappa shape index (κ1) is 22.9. The number of carbonyl (C=O) groups excluding carboxylic acids is 1. The molecule has 164 valence electrons. The van der Waals surface area contributed by atoms with Crippen molar-refractivity contribution in [3.8, 4) is 0 Å². The summed E-state index contributed by atoms with van der Waals surface area (Å²) in [7, 11) is -4.09. The molecule has 0 spiro atoms. The number of thioether (sulfide) groups is 1. The summed E-state index contributed by atoms with van der Waals surface area (Å²) in [6.07, 6.45) is 1.94. The molecule has 3 aromatic rings. The summed E-state index contributed by atoms with van der Waals surface area (Å²) in [4.78, 5) is 13.9. The second kappa shape index (κ2) is 9.15. The largest absolute Gasteiger partial charge is 0.360 e. The number of rotatable bonds is 7. The molecule has 3 rings (SSSR count). The molecule has 0 saturated heterocycles. The Morgan fingerprint density at radius 2 is 1.77 bits per heavy atom. The second-order valence-electron chi connectivity index (χ2n) is 7.29. The number of aryl methyl sites for hydroxylation is 4. The standard InChI is InChI=1S/C22H25N3O4S2/c1-14-9-15(2)11-19(10-14)25(31(27,28)22-16(3)24-29-17(22)4)13-21(26)23-18-7-6-8-20(12-18)30-5/h6-12H,13H2,1-5H3,(H,23,26). The van der Waals surface area contributed by atoms with Crippen LogP contribution in [0.5, 0.6) is 0 Å². The van der Waals surface area contributed by atoms with Crippen LogP contribution in [0.1, 0.15) is 22.6 Å². The van der Waals surface area contributed by atoms with Gasteiger partial charge in [-0.2, -0.15) is 0 Å². The highest BCUT2D eigenvalue weighted by molar-refractivity contribution is 7.98. The molecule has 1 amide bonds. The lowest BCUT2D eigenvalue weighted by molar-refractivity contribution is -0.114. The van der Waals surface area contributed by atoms with Crippen LogP contribution in [0, 0.1) is 27.7 Å². The molecule has 31 heavy (non-hydrogen) atoms. The Morgan fingerprint density at radius 3 is 2.35 bits per heavy atom. The first-order valence-corrected chi connectivity index (χ1v) is 12.3. The number of nitrogens with zero attached hydrogens (tertiary/aromatic N) is 2. The summed E-state index contributed by atoms with van der Waals surface area (Å²) in [5.41, 5.74) is 3.04. The SMILES string of the molecule is CSc1cccc(NC(=O)CN(c2cc(C)cc(C)c2)S(=O)(=O)c2c(C)noc2C)c1. The Balaban J connectivity index is 2.01. The van der Waals surface area contributed by atoms with Gasteiger partial charge < -0.3 is 9.84 Å². The molecule has 1 heterocycles. The number of hydrogen-bond donors (Lipinski definition) is 1. The van der Waals surface area contributed by atoms with E-state index in [1.807, 2.05) is 44.4 Å². The van der Waals surface area contributed by atoms with E-state index in [2.05, 4.69) is 10.5 Å². The van der Waals surface area contributed by atoms with E-state index in [0.717, 1.165) is 20.3 Å². The second-order valence-corrected chi connectivity index (χ2v) is 9.97. The van der Waals surface area contributed by atoms with Crippen LogP contribution >= 0.6 is 11.8 Å². The quantitative estimate of drug-likeness (QED) is 0.524. The maximum atomic E-state index is 13.6. The van der Waals surface area contributed by atoms with Crippen LogP contribution in [0.3, 0.4) is 0 Å². The summed E-state index contributed by atoms with van der Waals surface area (Å²) >= 11 is 1.55. The normalized spacial score (nSPS) is 11.4. The molecule has 0 fully saturated rings. The predicted octanol–water partition coefficient (Wildman–Crippen LogP) is 4.46. The average Bonchev–Trinajstić information content (AvgIpc) is 3.04. The van der Waals surface area contributed by atoms with Crippen LogP contribution in [-0.2, 0) is 14.8 Å². The van der Waals surface area contributed by atoms with E-state index in [0.29, 0.717) is 11.4 Å². The number of hydrogen-bond acceptors (Lipinski definition) is 6. The maximum Gasteiger partial charge on any atom is 0.270 e. The molecule has 0 saturated carbocycles. The van der Waals surface area contributed by atoms with Crippen molar-refractivity contribution in [1.82, 2.24) is 5.16 Å². The third-order valence-electron chi connectivity index (χ3n) is 4.65. The van der Waals surface area contributed by atoms with Crippen molar-refractivity contribution in [3.05, 3.63) is 65.0 Å². The van der Waals surface area contributed by atoms with E-state index in [1.54, 1.807) is 43.8 Å². The first-order valence-electron chi connectivity index (χ1n) is 9.59. The molecule has 1 aromatic heterocycles. The van der Waals surface area contributed by atoms with Crippen molar-refractivity contribution in [2.45, 2.75) is 37.5 Å². The highest BCUT2D eigenvalue weighted by Gasteiger charge is 2.33. The molecule has 9 heteroatoms. The zero-order chi connectivity index (χ0) is 22.8. The van der Waals surface area contributed by atoms with Crippen LogP contribution in [0.2, 0.25) is 0 Å². The predicted molar refractivity (Wildman–Crippen MR) is 123 cm³/mol. The third-order valence-corrected chi connectivity index (χ3v) is 7.40. The Labute approximate surface area is 186 Å². The molecule has 1 N–H and O–H groups in total. The summed E-state index contributed by atoms with van der Waals surface area (Å²) in [6.45, 7) is 6.48. The van der Waals surface area contributed by atoms with Gasteiger partial charge >= 0.3 is 0 Å². The van der Waals surface area contributed by atoms with Crippen molar-refractivity contribution < 1.29 is 17.7 Å². The van der Waals surface area contributed by atoms with Crippen molar-refractivity contribution >= 4 is 39.1 Å². The molecule has 0 aliphatic rings. The average molecular weight is 460 g/mol. The Morgan fingerprint density at radius 1 is 1.10 bits per heavy atom. The number of carbonyl (C=O) groups is 1. The van der Waals surface area contributed by atoms with Crippen LogP contribution in [0.15, 0.2) is 56.8 Å². The van der Waals surface area contributed by atoms with Crippen LogP contribution < -0.4 is 9.62 Å². The van der Waals surface area contributed by atoms with E-state index in [4.69, 9.17) is 4.52 Å². The molecule has 0 atom stereocenters. The highest BCUT2D eigenvalue weighted by atomic mass is 32.2. The monoisotopic (exact) mass is 459 g/mol. The lowest BCUT2D eigenvalue weighted by Gasteiger charge is -2.24. The fraction of sp³-hybridized carbons (Fsp3) is 0.273. The number of aromatic nitrogens is 1. The number of amides is 1. The molecule has 0 bridgehead atoms. The number of benzene rings is 2. The van der Waals surface area contributed by atoms with Crippen molar-refractivity contribution in [1.29, 1.82) is 0 Å². The van der Waals surface area contributed by atoms with Crippen molar-refractivity contribution in [3.63, 3.8) is 0 Å². The summed E-state index contributed by atoms with van der Waals surface area (Å²) < 4.78 is 33.4. The van der Waals surface area contributed by atoms with Crippen LogP contribution in [0.4, 0.5) is 11.4 Å². The van der Waals surface area contributed by atoms with Crippen molar-refractivity contribution in [2.75, 3.05) is 22.4 Å². The van der Waals surface area contributed by atoms with Gasteiger partial charge in [0.25, 0.3) is 10.0 Å². The smallest absolute Gasteiger partial charge is 0.270 e. The fourth-order valence-electron chi connectivity index (χ4n) is 3.39. The molecule has 0 aliphatic heterocycles. The van der Waals surface area contributed by atoms with Gasteiger partial charge in [0.2, 0.25) is 5.91 Å². The zero-order valence-electron chi connectivity index (χ0n) is 18.1. The molecule has 7 nitrogen and oxygen atoms in total. The maximum absolute atomic E-state index is 13.6. The van der Waals surface area contributed by atoms with E-state index in [9.17, 15) is 13.2 Å². The molecule has 0 radical (unpaired) electrons. The minimum Gasteiger partial charge on any atom is -0.360 e. The Kier molecular flexibility index (Phi) is 6.76.